The third-order valence-electron chi connectivity index (χ3n) is 3.74. The van der Waals surface area contributed by atoms with Gasteiger partial charge in [-0.05, 0) is 56.7 Å². The van der Waals surface area contributed by atoms with E-state index in [2.05, 4.69) is 35.4 Å². The lowest BCUT2D eigenvalue weighted by Gasteiger charge is -2.22. The monoisotopic (exact) mass is 313 g/mol. The lowest BCUT2D eigenvalue weighted by molar-refractivity contribution is 0.262. The molecule has 3 N–H and O–H groups in total. The first-order valence-electron chi connectivity index (χ1n) is 7.76. The molecule has 0 aliphatic rings. The van der Waals surface area contributed by atoms with Crippen LogP contribution in [0, 0.1) is 6.92 Å². The minimum absolute atomic E-state index is 0.0382. The fraction of sp³-hybridized carbons (Fsp3) is 0.278. The van der Waals surface area contributed by atoms with Crippen LogP contribution in [0.2, 0.25) is 0 Å². The number of rotatable bonds is 5. The van der Waals surface area contributed by atoms with Crippen LogP contribution in [0.15, 0.2) is 42.5 Å². The maximum Gasteiger partial charge on any atom is 0.323 e. The number of carbonyl (C=O) groups excluding carboxylic acids is 1. The number of nitrogens with one attached hydrogen (secondary N) is 2. The van der Waals surface area contributed by atoms with Crippen LogP contribution in [-0.2, 0) is 0 Å². The highest BCUT2D eigenvalue weighted by Crippen LogP contribution is 2.24. The van der Waals surface area contributed by atoms with Crippen LogP contribution in [0.25, 0.3) is 0 Å². The minimum Gasteiger partial charge on any atom is -0.506 e. The fourth-order valence-electron chi connectivity index (χ4n) is 2.43. The Morgan fingerprint density at radius 3 is 2.30 bits per heavy atom. The van der Waals surface area contributed by atoms with Crippen molar-refractivity contribution in [3.8, 4) is 5.75 Å². The molecule has 0 aromatic heterocycles. The van der Waals surface area contributed by atoms with Gasteiger partial charge in [0.05, 0.1) is 5.69 Å². The zero-order chi connectivity index (χ0) is 16.8. The molecule has 5 heteroatoms. The van der Waals surface area contributed by atoms with Gasteiger partial charge in [0.25, 0.3) is 0 Å². The van der Waals surface area contributed by atoms with Gasteiger partial charge in [0, 0.05) is 24.5 Å². The van der Waals surface area contributed by atoms with E-state index in [-0.39, 0.29) is 11.8 Å². The maximum atomic E-state index is 12.1. The van der Waals surface area contributed by atoms with Crippen molar-refractivity contribution < 1.29 is 9.90 Å². The summed E-state index contributed by atoms with van der Waals surface area (Å²) in [6, 6.07) is 12.2. The van der Waals surface area contributed by atoms with Crippen LogP contribution in [0.3, 0.4) is 0 Å². The number of aromatic hydroxyl groups is 1. The summed E-state index contributed by atoms with van der Waals surface area (Å²) in [5.41, 5.74) is 3.25. The van der Waals surface area contributed by atoms with Gasteiger partial charge >= 0.3 is 6.03 Å². The van der Waals surface area contributed by atoms with Gasteiger partial charge in [0.15, 0.2) is 0 Å². The van der Waals surface area contributed by atoms with E-state index in [0.29, 0.717) is 5.69 Å². The number of anilines is 3. The molecule has 0 heterocycles. The molecule has 0 radical (unpaired) electrons. The topological polar surface area (TPSA) is 64.6 Å². The summed E-state index contributed by atoms with van der Waals surface area (Å²) in [7, 11) is 0. The Labute approximate surface area is 136 Å². The van der Waals surface area contributed by atoms with Gasteiger partial charge in [-0.25, -0.2) is 4.79 Å². The predicted molar refractivity (Wildman–Crippen MR) is 95.5 cm³/mol. The number of urea groups is 1. The van der Waals surface area contributed by atoms with Gasteiger partial charge in [-0.3, -0.25) is 0 Å². The summed E-state index contributed by atoms with van der Waals surface area (Å²) < 4.78 is 0. The number of benzene rings is 2. The first kappa shape index (κ1) is 16.7. The maximum absolute atomic E-state index is 12.1. The fourth-order valence-corrected chi connectivity index (χ4v) is 2.43. The number of para-hydroxylation sites is 2. The Kier molecular flexibility index (Phi) is 5.46. The van der Waals surface area contributed by atoms with Crippen molar-refractivity contribution in [2.24, 2.45) is 0 Å². The summed E-state index contributed by atoms with van der Waals surface area (Å²) in [6.45, 7) is 8.07. The third kappa shape index (κ3) is 4.16. The second kappa shape index (κ2) is 7.54. The molecule has 5 nitrogen and oxygen atoms in total. The smallest absolute Gasteiger partial charge is 0.323 e. The van der Waals surface area contributed by atoms with Crippen molar-refractivity contribution in [2.75, 3.05) is 28.6 Å². The highest BCUT2D eigenvalue weighted by atomic mass is 16.3. The normalized spacial score (nSPS) is 10.2. The Hall–Kier alpha value is -2.69. The van der Waals surface area contributed by atoms with Crippen LogP contribution in [0.1, 0.15) is 19.4 Å². The van der Waals surface area contributed by atoms with Crippen molar-refractivity contribution in [1.82, 2.24) is 0 Å². The van der Waals surface area contributed by atoms with Crippen LogP contribution in [-0.4, -0.2) is 24.2 Å². The zero-order valence-electron chi connectivity index (χ0n) is 13.8. The van der Waals surface area contributed by atoms with Gasteiger partial charge in [-0.1, -0.05) is 12.1 Å². The van der Waals surface area contributed by atoms with E-state index in [1.165, 1.54) is 6.07 Å². The molecular formula is C18H23N3O2. The van der Waals surface area contributed by atoms with E-state index in [1.807, 2.05) is 19.1 Å². The number of phenols is 1. The number of amides is 2. The average molecular weight is 313 g/mol. The second-order valence-electron chi connectivity index (χ2n) is 5.27. The molecule has 0 unspecified atom stereocenters. The summed E-state index contributed by atoms with van der Waals surface area (Å²) in [5, 5.41) is 15.1. The molecule has 2 aromatic carbocycles. The first-order chi connectivity index (χ1) is 11.0. The summed E-state index contributed by atoms with van der Waals surface area (Å²) in [4.78, 5) is 14.3. The van der Waals surface area contributed by atoms with Crippen molar-refractivity contribution >= 4 is 23.1 Å². The van der Waals surface area contributed by atoms with E-state index >= 15 is 0 Å². The molecule has 23 heavy (non-hydrogen) atoms. The SMILES string of the molecule is CCN(CC)c1ccc(NC(=O)Nc2ccccc2O)c(C)c1. The largest absolute Gasteiger partial charge is 0.506 e. The molecule has 122 valence electrons. The van der Waals surface area contributed by atoms with E-state index in [4.69, 9.17) is 0 Å². The molecule has 0 aliphatic heterocycles. The molecule has 2 amide bonds. The number of hydrogen-bond donors (Lipinski definition) is 3. The Morgan fingerprint density at radius 2 is 1.70 bits per heavy atom. The van der Waals surface area contributed by atoms with Crippen LogP contribution < -0.4 is 15.5 Å². The second-order valence-corrected chi connectivity index (χ2v) is 5.27. The van der Waals surface area contributed by atoms with Crippen LogP contribution in [0.5, 0.6) is 5.75 Å². The van der Waals surface area contributed by atoms with Gasteiger partial charge in [-0.2, -0.15) is 0 Å². The summed E-state index contributed by atoms with van der Waals surface area (Å²) >= 11 is 0. The molecule has 0 saturated carbocycles. The van der Waals surface area contributed by atoms with Crippen molar-refractivity contribution in [1.29, 1.82) is 0 Å². The highest BCUT2D eigenvalue weighted by Gasteiger charge is 2.09. The molecule has 0 atom stereocenters. The lowest BCUT2D eigenvalue weighted by atomic mass is 10.1. The van der Waals surface area contributed by atoms with Gasteiger partial charge < -0.3 is 20.6 Å². The average Bonchev–Trinajstić information content (AvgIpc) is 2.53. The number of aryl methyl sites for hydroxylation is 1. The standard InChI is InChI=1S/C18H23N3O2/c1-4-21(5-2)14-10-11-15(13(3)12-14)19-18(23)20-16-8-6-7-9-17(16)22/h6-12,22H,4-5H2,1-3H3,(H2,19,20,23). The highest BCUT2D eigenvalue weighted by molar-refractivity contribution is 6.01. The molecule has 0 saturated heterocycles. The number of phenolic OH excluding ortho intramolecular Hbond substituents is 1. The van der Waals surface area contributed by atoms with E-state index < -0.39 is 0 Å². The van der Waals surface area contributed by atoms with Gasteiger partial charge in [-0.15, -0.1) is 0 Å². The van der Waals surface area contributed by atoms with E-state index in [0.717, 1.165) is 30.0 Å². The Morgan fingerprint density at radius 1 is 1.04 bits per heavy atom. The third-order valence-corrected chi connectivity index (χ3v) is 3.74. The minimum atomic E-state index is -0.384. The van der Waals surface area contributed by atoms with Crippen LogP contribution >= 0.6 is 0 Å². The van der Waals surface area contributed by atoms with Gasteiger partial charge in [0.2, 0.25) is 0 Å². The Balaban J connectivity index is 2.08. The number of hydrogen-bond acceptors (Lipinski definition) is 3. The molecule has 0 bridgehead atoms. The van der Waals surface area contributed by atoms with E-state index in [9.17, 15) is 9.90 Å². The molecule has 0 fully saturated rings. The number of nitrogens with zero attached hydrogens (tertiary/aromatic N) is 1. The summed E-state index contributed by atoms with van der Waals surface area (Å²) in [6.07, 6.45) is 0. The zero-order valence-corrected chi connectivity index (χ0v) is 13.8. The van der Waals surface area contributed by atoms with Crippen LogP contribution in [0.4, 0.5) is 21.9 Å². The lowest BCUT2D eigenvalue weighted by Crippen LogP contribution is -2.22. The number of carbonyl (C=O) groups is 1. The molecular weight excluding hydrogens is 290 g/mol. The Bertz CT molecular complexity index is 682. The molecule has 0 aliphatic carbocycles. The first-order valence-corrected chi connectivity index (χ1v) is 7.76. The van der Waals surface area contributed by atoms with Crippen molar-refractivity contribution in [2.45, 2.75) is 20.8 Å². The molecule has 2 rings (SSSR count). The quantitative estimate of drug-likeness (QED) is 0.725. The molecule has 0 spiro atoms. The van der Waals surface area contributed by atoms with Crippen molar-refractivity contribution in [3.05, 3.63) is 48.0 Å². The van der Waals surface area contributed by atoms with Gasteiger partial charge in [0.1, 0.15) is 5.75 Å². The van der Waals surface area contributed by atoms with E-state index in [1.54, 1.807) is 18.2 Å². The summed E-state index contributed by atoms with van der Waals surface area (Å²) in [5.74, 6) is 0.0382. The molecule has 2 aromatic rings. The predicted octanol–water partition coefficient (Wildman–Crippen LogP) is 4.19. The van der Waals surface area contributed by atoms with Crippen molar-refractivity contribution in [3.63, 3.8) is 0 Å².